The van der Waals surface area contributed by atoms with E-state index in [9.17, 15) is 18.0 Å². The van der Waals surface area contributed by atoms with Crippen molar-refractivity contribution in [2.24, 2.45) is 5.92 Å². The molecule has 1 aliphatic heterocycles. The van der Waals surface area contributed by atoms with E-state index in [1.54, 1.807) is 24.3 Å². The Morgan fingerprint density at radius 1 is 1.06 bits per heavy atom. The van der Waals surface area contributed by atoms with Crippen molar-refractivity contribution >= 4 is 27.5 Å². The largest absolute Gasteiger partial charge is 0.350 e. The number of para-hydroxylation sites is 1. The minimum Gasteiger partial charge on any atom is -0.350 e. The van der Waals surface area contributed by atoms with Gasteiger partial charge < -0.3 is 10.6 Å². The van der Waals surface area contributed by atoms with Gasteiger partial charge in [-0.2, -0.15) is 0 Å². The average Bonchev–Trinajstić information content (AvgIpc) is 2.80. The number of aryl methyl sites for hydroxylation is 1. The number of amides is 2. The fraction of sp³-hybridized carbons (Fsp3) is 0.440. The van der Waals surface area contributed by atoms with Gasteiger partial charge in [0, 0.05) is 25.0 Å². The second kappa shape index (κ2) is 10.9. The Bertz CT molecular complexity index is 1080. The number of hydrogen-bond acceptors (Lipinski definition) is 4. The Morgan fingerprint density at radius 2 is 1.70 bits per heavy atom. The summed E-state index contributed by atoms with van der Waals surface area (Å²) < 4.78 is 27.1. The lowest BCUT2D eigenvalue weighted by atomic mass is 9.97. The van der Waals surface area contributed by atoms with Crippen LogP contribution in [0.5, 0.6) is 0 Å². The van der Waals surface area contributed by atoms with Gasteiger partial charge in [0.15, 0.2) is 0 Å². The number of nitrogens with one attached hydrogen (secondary N) is 2. The number of hydrogen-bond donors (Lipinski definition) is 2. The van der Waals surface area contributed by atoms with Gasteiger partial charge in [-0.25, -0.2) is 12.7 Å². The second-order valence-corrected chi connectivity index (χ2v) is 10.7. The number of sulfonamides is 1. The second-order valence-electron chi connectivity index (χ2n) is 8.73. The van der Waals surface area contributed by atoms with Crippen LogP contribution in [0.2, 0.25) is 0 Å². The highest BCUT2D eigenvalue weighted by Crippen LogP contribution is 2.24. The van der Waals surface area contributed by atoms with Crippen LogP contribution in [0, 0.1) is 12.8 Å². The molecule has 1 heterocycles. The summed E-state index contributed by atoms with van der Waals surface area (Å²) in [7, 11) is -3.44. The van der Waals surface area contributed by atoms with Gasteiger partial charge in [-0.1, -0.05) is 48.9 Å². The number of carbonyl (C=O) groups is 2. The maximum absolute atomic E-state index is 12.9. The molecule has 1 atom stereocenters. The molecule has 0 saturated carbocycles. The fourth-order valence-electron chi connectivity index (χ4n) is 3.81. The first-order chi connectivity index (χ1) is 15.7. The van der Waals surface area contributed by atoms with E-state index in [1.807, 2.05) is 45.0 Å². The molecule has 1 fully saturated rings. The molecule has 8 heteroatoms. The molecule has 2 N–H and O–H groups in total. The zero-order valence-corrected chi connectivity index (χ0v) is 20.3. The molecular weight excluding hydrogens is 438 g/mol. The van der Waals surface area contributed by atoms with Gasteiger partial charge in [-0.15, -0.1) is 0 Å². The number of benzene rings is 2. The molecule has 2 amide bonds. The van der Waals surface area contributed by atoms with Crippen LogP contribution in [-0.2, 0) is 20.6 Å². The van der Waals surface area contributed by atoms with E-state index in [-0.39, 0.29) is 29.5 Å². The third-order valence-electron chi connectivity index (χ3n) is 6.11. The van der Waals surface area contributed by atoms with Gasteiger partial charge in [0.25, 0.3) is 5.91 Å². The van der Waals surface area contributed by atoms with Crippen molar-refractivity contribution in [3.8, 4) is 0 Å². The van der Waals surface area contributed by atoms with Crippen molar-refractivity contribution < 1.29 is 18.0 Å². The molecule has 7 nitrogen and oxygen atoms in total. The summed E-state index contributed by atoms with van der Waals surface area (Å²) in [5.74, 6) is -0.754. The van der Waals surface area contributed by atoms with Crippen molar-refractivity contribution in [2.45, 2.75) is 51.8 Å². The molecule has 1 saturated heterocycles. The highest BCUT2D eigenvalue weighted by atomic mass is 32.2. The Kier molecular flexibility index (Phi) is 8.26. The first-order valence-electron chi connectivity index (χ1n) is 11.4. The molecule has 3 rings (SSSR count). The maximum Gasteiger partial charge on any atom is 0.253 e. The Labute approximate surface area is 196 Å². The molecule has 2 aromatic rings. The zero-order chi connectivity index (χ0) is 24.0. The van der Waals surface area contributed by atoms with E-state index >= 15 is 0 Å². The lowest BCUT2D eigenvalue weighted by molar-refractivity contribution is -0.120. The standard InChI is InChI=1S/C25H33N3O4S/c1-4-19(3)26-25(30)22-7-5-6-8-23(22)27-24(29)21-13-15-28(16-14-21)33(31,32)17-20-11-9-18(2)10-12-20/h5-12,19,21H,4,13-17H2,1-3H3,(H,26,30)(H,27,29)/t19-/m0/s1. The molecule has 1 aliphatic rings. The van der Waals surface area contributed by atoms with Gasteiger partial charge >= 0.3 is 0 Å². The number of carbonyl (C=O) groups excluding carboxylic acids is 2. The third-order valence-corrected chi connectivity index (χ3v) is 7.96. The van der Waals surface area contributed by atoms with Crippen LogP contribution in [0.15, 0.2) is 48.5 Å². The van der Waals surface area contributed by atoms with Gasteiger partial charge in [-0.05, 0) is 50.8 Å². The Balaban J connectivity index is 1.59. The van der Waals surface area contributed by atoms with E-state index in [0.717, 1.165) is 17.5 Å². The number of rotatable bonds is 8. The number of piperidine rings is 1. The highest BCUT2D eigenvalue weighted by Gasteiger charge is 2.31. The van der Waals surface area contributed by atoms with Crippen LogP contribution in [0.4, 0.5) is 5.69 Å². The van der Waals surface area contributed by atoms with Crippen molar-refractivity contribution in [2.75, 3.05) is 18.4 Å². The first kappa shape index (κ1) is 24.9. The molecule has 178 valence electrons. The maximum atomic E-state index is 12.9. The first-order valence-corrected chi connectivity index (χ1v) is 13.0. The molecule has 0 aromatic heterocycles. The molecule has 33 heavy (non-hydrogen) atoms. The van der Waals surface area contributed by atoms with Crippen LogP contribution in [-0.4, -0.2) is 43.7 Å². The smallest absolute Gasteiger partial charge is 0.253 e. The summed E-state index contributed by atoms with van der Waals surface area (Å²) in [6.45, 7) is 6.50. The topological polar surface area (TPSA) is 95.6 Å². The van der Waals surface area contributed by atoms with E-state index in [1.165, 1.54) is 4.31 Å². The number of anilines is 1. The SMILES string of the molecule is CC[C@H](C)NC(=O)c1ccccc1NC(=O)C1CCN(S(=O)(=O)Cc2ccc(C)cc2)CC1. The van der Waals surface area contributed by atoms with Crippen molar-refractivity contribution in [1.29, 1.82) is 0 Å². The molecule has 0 spiro atoms. The minimum atomic E-state index is -3.44. The monoisotopic (exact) mass is 471 g/mol. The highest BCUT2D eigenvalue weighted by molar-refractivity contribution is 7.88. The quantitative estimate of drug-likeness (QED) is 0.614. The van der Waals surface area contributed by atoms with E-state index < -0.39 is 10.0 Å². The van der Waals surface area contributed by atoms with Crippen LogP contribution >= 0.6 is 0 Å². The molecule has 0 bridgehead atoms. The predicted octanol–water partition coefficient (Wildman–Crippen LogP) is 3.70. The van der Waals surface area contributed by atoms with E-state index in [2.05, 4.69) is 10.6 Å². The van der Waals surface area contributed by atoms with E-state index in [0.29, 0.717) is 37.2 Å². The predicted molar refractivity (Wildman–Crippen MR) is 130 cm³/mol. The summed E-state index contributed by atoms with van der Waals surface area (Å²) >= 11 is 0. The van der Waals surface area contributed by atoms with E-state index in [4.69, 9.17) is 0 Å². The lowest BCUT2D eigenvalue weighted by Crippen LogP contribution is -2.42. The van der Waals surface area contributed by atoms with Gasteiger partial charge in [0.1, 0.15) is 0 Å². The molecule has 2 aromatic carbocycles. The van der Waals surface area contributed by atoms with Crippen LogP contribution < -0.4 is 10.6 Å². The summed E-state index contributed by atoms with van der Waals surface area (Å²) in [4.78, 5) is 25.5. The lowest BCUT2D eigenvalue weighted by Gasteiger charge is -2.30. The molecular formula is C25H33N3O4S. The van der Waals surface area contributed by atoms with Crippen molar-refractivity contribution in [3.63, 3.8) is 0 Å². The summed E-state index contributed by atoms with van der Waals surface area (Å²) in [6.07, 6.45) is 1.70. The van der Waals surface area contributed by atoms with Crippen LogP contribution in [0.1, 0.15) is 54.6 Å². The summed E-state index contributed by atoms with van der Waals surface area (Å²) in [5, 5.41) is 5.80. The Morgan fingerprint density at radius 3 is 2.33 bits per heavy atom. The van der Waals surface area contributed by atoms with Crippen LogP contribution in [0.3, 0.4) is 0 Å². The minimum absolute atomic E-state index is 0.0347. The van der Waals surface area contributed by atoms with Gasteiger partial charge in [0.2, 0.25) is 15.9 Å². The van der Waals surface area contributed by atoms with Gasteiger partial charge in [0.05, 0.1) is 17.0 Å². The van der Waals surface area contributed by atoms with Gasteiger partial charge in [-0.3, -0.25) is 9.59 Å². The normalized spacial score (nSPS) is 16.2. The molecule has 0 radical (unpaired) electrons. The molecule has 0 aliphatic carbocycles. The third kappa shape index (κ3) is 6.65. The number of nitrogens with zero attached hydrogens (tertiary/aromatic N) is 1. The average molecular weight is 472 g/mol. The summed E-state index contributed by atoms with van der Waals surface area (Å²) in [6, 6.07) is 14.5. The Hall–Kier alpha value is -2.71. The molecule has 0 unspecified atom stereocenters. The van der Waals surface area contributed by atoms with Crippen LogP contribution in [0.25, 0.3) is 0 Å². The van der Waals surface area contributed by atoms with Crippen molar-refractivity contribution in [3.05, 3.63) is 65.2 Å². The summed E-state index contributed by atoms with van der Waals surface area (Å²) in [5.41, 5.74) is 2.73. The van der Waals surface area contributed by atoms with Crippen molar-refractivity contribution in [1.82, 2.24) is 9.62 Å². The zero-order valence-electron chi connectivity index (χ0n) is 19.5. The fourth-order valence-corrected chi connectivity index (χ4v) is 5.37.